The summed E-state index contributed by atoms with van der Waals surface area (Å²) in [5.74, 6) is 4.35. The molecule has 0 aromatic heterocycles. The third-order valence-electron chi connectivity index (χ3n) is 2.00. The normalized spacial score (nSPS) is 14.2. The highest BCUT2D eigenvalue weighted by molar-refractivity contribution is 7.97. The summed E-state index contributed by atoms with van der Waals surface area (Å²) < 4.78 is 2.73. The molecule has 0 atom stereocenters. The summed E-state index contributed by atoms with van der Waals surface area (Å²) in [6.45, 7) is 0. The molecule has 0 radical (unpaired) electrons. The number of amides is 1. The summed E-state index contributed by atoms with van der Waals surface area (Å²) in [5, 5.41) is 9.81. The number of benzene rings is 1. The van der Waals surface area contributed by atoms with Crippen molar-refractivity contribution in [2.24, 2.45) is 5.84 Å². The van der Waals surface area contributed by atoms with Crippen LogP contribution in [-0.4, -0.2) is 11.0 Å². The Morgan fingerprint density at radius 3 is 2.93 bits per heavy atom. The minimum atomic E-state index is -0.547. The number of nitrogens with one attached hydrogen (secondary N) is 2. The molecule has 0 saturated heterocycles. The van der Waals surface area contributed by atoms with Crippen molar-refractivity contribution < 1.29 is 9.90 Å². The molecule has 1 heterocycles. The maximum atomic E-state index is 11.3. The van der Waals surface area contributed by atoms with Crippen LogP contribution < -0.4 is 16.0 Å². The van der Waals surface area contributed by atoms with Gasteiger partial charge >= 0.3 is 0 Å². The van der Waals surface area contributed by atoms with Gasteiger partial charge in [0, 0.05) is 10.5 Å². The van der Waals surface area contributed by atoms with Crippen LogP contribution in [0.4, 0.5) is 0 Å². The van der Waals surface area contributed by atoms with Gasteiger partial charge in [-0.25, -0.2) is 5.84 Å². The maximum absolute atomic E-state index is 11.3. The highest BCUT2D eigenvalue weighted by atomic mass is 32.2. The molecule has 15 heavy (non-hydrogen) atoms. The van der Waals surface area contributed by atoms with Crippen LogP contribution in [0, 0.1) is 0 Å². The van der Waals surface area contributed by atoms with E-state index in [1.807, 2.05) is 17.6 Å². The molecule has 5 N–H and O–H groups in total. The molecule has 1 amide bonds. The molecular formula is C9H9N3O2S. The zero-order valence-electron chi connectivity index (χ0n) is 7.65. The Balaban J connectivity index is 2.49. The van der Waals surface area contributed by atoms with E-state index in [0.717, 1.165) is 4.90 Å². The topological polar surface area (TPSA) is 87.4 Å². The van der Waals surface area contributed by atoms with Crippen molar-refractivity contribution in [1.82, 2.24) is 10.1 Å². The van der Waals surface area contributed by atoms with Gasteiger partial charge in [0.1, 0.15) is 0 Å². The molecule has 1 aromatic carbocycles. The van der Waals surface area contributed by atoms with Gasteiger partial charge in [0.25, 0.3) is 5.91 Å². The van der Waals surface area contributed by atoms with Gasteiger partial charge in [0.05, 0.1) is 0 Å². The van der Waals surface area contributed by atoms with E-state index < -0.39 is 5.91 Å². The van der Waals surface area contributed by atoms with Crippen LogP contribution in [0.2, 0.25) is 0 Å². The van der Waals surface area contributed by atoms with Crippen molar-refractivity contribution in [1.29, 1.82) is 0 Å². The second kappa shape index (κ2) is 3.84. The smallest absolute Gasteiger partial charge is 0.285 e. The lowest BCUT2D eigenvalue weighted by atomic mass is 10.1. The largest absolute Gasteiger partial charge is 0.505 e. The Bertz CT molecular complexity index is 445. The van der Waals surface area contributed by atoms with Crippen molar-refractivity contribution in [3.8, 4) is 0 Å². The minimum absolute atomic E-state index is 0.0706. The Morgan fingerprint density at radius 2 is 2.20 bits per heavy atom. The van der Waals surface area contributed by atoms with Gasteiger partial charge in [-0.1, -0.05) is 12.1 Å². The fourth-order valence-corrected chi connectivity index (χ4v) is 2.09. The number of aliphatic hydroxyl groups is 1. The number of hydrogen-bond donors (Lipinski definition) is 4. The van der Waals surface area contributed by atoms with Gasteiger partial charge < -0.3 is 9.83 Å². The molecule has 0 saturated carbocycles. The van der Waals surface area contributed by atoms with Crippen LogP contribution in [0.15, 0.2) is 34.9 Å². The average Bonchev–Trinajstić information content (AvgIpc) is 2.29. The summed E-state index contributed by atoms with van der Waals surface area (Å²) in [5.41, 5.74) is 2.66. The molecule has 0 fully saturated rings. The summed E-state index contributed by atoms with van der Waals surface area (Å²) in [7, 11) is 0. The molecule has 0 unspecified atom stereocenters. The molecule has 0 bridgehead atoms. The van der Waals surface area contributed by atoms with Gasteiger partial charge in [-0.05, 0) is 24.1 Å². The minimum Gasteiger partial charge on any atom is -0.505 e. The molecule has 2 rings (SSSR count). The molecular weight excluding hydrogens is 214 g/mol. The lowest BCUT2D eigenvalue weighted by molar-refractivity contribution is -0.117. The number of carbonyl (C=O) groups is 1. The first-order valence-corrected chi connectivity index (χ1v) is 5.02. The summed E-state index contributed by atoms with van der Waals surface area (Å²) in [6.07, 6.45) is 0. The van der Waals surface area contributed by atoms with Gasteiger partial charge in [0.15, 0.2) is 11.5 Å². The highest BCUT2D eigenvalue weighted by Crippen LogP contribution is 2.31. The highest BCUT2D eigenvalue weighted by Gasteiger charge is 2.22. The summed E-state index contributed by atoms with van der Waals surface area (Å²) >= 11 is 1.26. The van der Waals surface area contributed by atoms with Crippen molar-refractivity contribution >= 4 is 23.6 Å². The zero-order valence-corrected chi connectivity index (χ0v) is 8.47. The van der Waals surface area contributed by atoms with Crippen molar-refractivity contribution in [2.45, 2.75) is 4.90 Å². The van der Waals surface area contributed by atoms with Gasteiger partial charge in [-0.3, -0.25) is 10.2 Å². The lowest BCUT2D eigenvalue weighted by Crippen LogP contribution is -2.36. The quantitative estimate of drug-likeness (QED) is 0.241. The fourth-order valence-electron chi connectivity index (χ4n) is 1.27. The van der Waals surface area contributed by atoms with Crippen LogP contribution in [0.1, 0.15) is 5.56 Å². The van der Waals surface area contributed by atoms with E-state index in [4.69, 9.17) is 5.84 Å². The van der Waals surface area contributed by atoms with E-state index >= 15 is 0 Å². The van der Waals surface area contributed by atoms with E-state index in [1.54, 1.807) is 12.1 Å². The maximum Gasteiger partial charge on any atom is 0.285 e. The number of hydrogen-bond acceptors (Lipinski definition) is 5. The van der Waals surface area contributed by atoms with Crippen LogP contribution in [0.25, 0.3) is 5.76 Å². The van der Waals surface area contributed by atoms with Gasteiger partial charge in [0.2, 0.25) is 0 Å². The van der Waals surface area contributed by atoms with Crippen LogP contribution in [-0.2, 0) is 4.79 Å². The molecule has 6 heteroatoms. The molecule has 1 aliphatic rings. The summed E-state index contributed by atoms with van der Waals surface area (Å²) in [6, 6.07) is 7.23. The fraction of sp³-hybridized carbons (Fsp3) is 0. The first-order valence-electron chi connectivity index (χ1n) is 4.20. The van der Waals surface area contributed by atoms with Crippen LogP contribution in [0.3, 0.4) is 0 Å². The predicted molar refractivity (Wildman–Crippen MR) is 57.3 cm³/mol. The van der Waals surface area contributed by atoms with E-state index in [2.05, 4.69) is 4.72 Å². The first-order chi connectivity index (χ1) is 7.24. The predicted octanol–water partition coefficient (Wildman–Crippen LogP) is 0.513. The molecule has 78 valence electrons. The Hall–Kier alpha value is -1.66. The Kier molecular flexibility index (Phi) is 2.53. The van der Waals surface area contributed by atoms with Crippen LogP contribution in [0.5, 0.6) is 0 Å². The lowest BCUT2D eigenvalue weighted by Gasteiger charge is -2.18. The van der Waals surface area contributed by atoms with Gasteiger partial charge in [-0.2, -0.15) is 0 Å². The van der Waals surface area contributed by atoms with Crippen molar-refractivity contribution in [2.75, 3.05) is 0 Å². The number of hydrazine groups is 1. The molecule has 0 spiro atoms. The first kappa shape index (κ1) is 9.88. The molecule has 0 aliphatic carbocycles. The Morgan fingerprint density at radius 1 is 1.47 bits per heavy atom. The average molecular weight is 223 g/mol. The summed E-state index contributed by atoms with van der Waals surface area (Å²) in [4.78, 5) is 12.1. The molecule has 1 aliphatic heterocycles. The number of nitrogens with two attached hydrogens (primary N) is 1. The zero-order chi connectivity index (χ0) is 10.8. The molecule has 1 aromatic rings. The second-order valence-corrected chi connectivity index (χ2v) is 3.75. The SMILES string of the molecule is NNC(=O)C1=C(O)c2ccccc2SN1. The second-order valence-electron chi connectivity index (χ2n) is 2.90. The van der Waals surface area contributed by atoms with Crippen molar-refractivity contribution in [3.05, 3.63) is 35.5 Å². The van der Waals surface area contributed by atoms with Crippen LogP contribution >= 0.6 is 11.9 Å². The monoisotopic (exact) mass is 223 g/mol. The third-order valence-corrected chi connectivity index (χ3v) is 2.88. The third kappa shape index (κ3) is 1.64. The van der Waals surface area contributed by atoms with E-state index in [9.17, 15) is 9.90 Å². The standard InChI is InChI=1S/C9H9N3O2S/c10-11-9(14)7-8(13)5-3-1-2-4-6(5)15-12-7/h1-4,12-13H,10H2,(H,11,14). The van der Waals surface area contributed by atoms with Gasteiger partial charge in [-0.15, -0.1) is 0 Å². The Labute approximate surface area is 90.5 Å². The van der Waals surface area contributed by atoms with E-state index in [-0.39, 0.29) is 11.5 Å². The number of carbonyl (C=O) groups excluding carboxylic acids is 1. The molecule has 5 nitrogen and oxygen atoms in total. The van der Waals surface area contributed by atoms with E-state index in [0.29, 0.717) is 5.56 Å². The van der Waals surface area contributed by atoms with E-state index in [1.165, 1.54) is 11.9 Å². The number of fused-ring (bicyclic) bond motifs is 1. The number of aliphatic hydroxyl groups excluding tert-OH is 1. The van der Waals surface area contributed by atoms with Crippen molar-refractivity contribution in [3.63, 3.8) is 0 Å². The number of rotatable bonds is 1.